The molecule has 0 amide bonds. The molecule has 0 N–H and O–H groups in total. The zero-order chi connectivity index (χ0) is 11.6. The fourth-order valence-electron chi connectivity index (χ4n) is 3.30. The van der Waals surface area contributed by atoms with Crippen molar-refractivity contribution in [3.8, 4) is 0 Å². The largest absolute Gasteiger partial charge is 0.265 e. The SMILES string of the molecule is CC(C)(C)C1(c2ccncc2)CCCCC1. The summed E-state index contributed by atoms with van der Waals surface area (Å²) < 4.78 is 0. The molecule has 0 saturated heterocycles. The molecule has 1 aromatic heterocycles. The third-order valence-corrected chi connectivity index (χ3v) is 4.38. The highest BCUT2D eigenvalue weighted by atomic mass is 14.6. The highest BCUT2D eigenvalue weighted by Gasteiger charge is 2.43. The molecule has 1 saturated carbocycles. The van der Waals surface area contributed by atoms with Crippen molar-refractivity contribution < 1.29 is 0 Å². The molecule has 1 aliphatic carbocycles. The lowest BCUT2D eigenvalue weighted by molar-refractivity contribution is 0.126. The molecule has 1 aromatic rings. The lowest BCUT2D eigenvalue weighted by Gasteiger charge is -2.48. The Kier molecular flexibility index (Phi) is 3.05. The van der Waals surface area contributed by atoms with Gasteiger partial charge in [-0.2, -0.15) is 0 Å². The Hall–Kier alpha value is -0.850. The van der Waals surface area contributed by atoms with Crippen molar-refractivity contribution in [1.82, 2.24) is 4.98 Å². The van der Waals surface area contributed by atoms with E-state index in [1.807, 2.05) is 12.4 Å². The zero-order valence-corrected chi connectivity index (χ0v) is 10.8. The van der Waals surface area contributed by atoms with Gasteiger partial charge in [0.1, 0.15) is 0 Å². The predicted octanol–water partition coefficient (Wildman–Crippen LogP) is 4.33. The Bertz CT molecular complexity index is 328. The minimum Gasteiger partial charge on any atom is -0.265 e. The van der Waals surface area contributed by atoms with E-state index in [9.17, 15) is 0 Å². The van der Waals surface area contributed by atoms with Crippen LogP contribution in [0.15, 0.2) is 24.5 Å². The molecule has 2 rings (SSSR count). The van der Waals surface area contributed by atoms with Gasteiger partial charge in [0.05, 0.1) is 0 Å². The summed E-state index contributed by atoms with van der Waals surface area (Å²) in [7, 11) is 0. The van der Waals surface area contributed by atoms with Gasteiger partial charge in [-0.05, 0) is 36.0 Å². The van der Waals surface area contributed by atoms with Gasteiger partial charge in [-0.1, -0.05) is 40.0 Å². The molecule has 1 heteroatoms. The van der Waals surface area contributed by atoms with E-state index in [2.05, 4.69) is 37.9 Å². The van der Waals surface area contributed by atoms with Gasteiger partial charge >= 0.3 is 0 Å². The third-order valence-electron chi connectivity index (χ3n) is 4.38. The van der Waals surface area contributed by atoms with Crippen LogP contribution in [0.3, 0.4) is 0 Å². The number of nitrogens with zero attached hydrogens (tertiary/aromatic N) is 1. The lowest BCUT2D eigenvalue weighted by Crippen LogP contribution is -2.41. The highest BCUT2D eigenvalue weighted by molar-refractivity contribution is 5.26. The van der Waals surface area contributed by atoms with Crippen molar-refractivity contribution >= 4 is 0 Å². The van der Waals surface area contributed by atoms with Crippen LogP contribution in [0, 0.1) is 5.41 Å². The minimum atomic E-state index is 0.342. The molecule has 1 nitrogen and oxygen atoms in total. The molecule has 0 aromatic carbocycles. The standard InChI is InChI=1S/C15H23N/c1-14(2,3)15(9-5-4-6-10-15)13-7-11-16-12-8-13/h7-8,11-12H,4-6,9-10H2,1-3H3. The van der Waals surface area contributed by atoms with Crippen molar-refractivity contribution in [3.63, 3.8) is 0 Å². The second-order valence-electron chi connectivity index (χ2n) is 6.13. The van der Waals surface area contributed by atoms with Gasteiger partial charge in [-0.25, -0.2) is 0 Å². The Morgan fingerprint density at radius 3 is 2.06 bits per heavy atom. The highest BCUT2D eigenvalue weighted by Crippen LogP contribution is 2.51. The quantitative estimate of drug-likeness (QED) is 0.682. The second-order valence-corrected chi connectivity index (χ2v) is 6.13. The summed E-state index contributed by atoms with van der Waals surface area (Å²) >= 11 is 0. The Balaban J connectivity index is 2.42. The van der Waals surface area contributed by atoms with E-state index < -0.39 is 0 Å². The summed E-state index contributed by atoms with van der Waals surface area (Å²) in [6.07, 6.45) is 10.7. The molecule has 0 aliphatic heterocycles. The van der Waals surface area contributed by atoms with Gasteiger partial charge in [0, 0.05) is 17.8 Å². The van der Waals surface area contributed by atoms with E-state index in [0.717, 1.165) is 0 Å². The average molecular weight is 217 g/mol. The van der Waals surface area contributed by atoms with Crippen LogP contribution in [0.4, 0.5) is 0 Å². The van der Waals surface area contributed by atoms with Crippen LogP contribution < -0.4 is 0 Å². The predicted molar refractivity (Wildman–Crippen MR) is 68.5 cm³/mol. The average Bonchev–Trinajstić information content (AvgIpc) is 2.30. The van der Waals surface area contributed by atoms with Crippen LogP contribution in [0.25, 0.3) is 0 Å². The Morgan fingerprint density at radius 1 is 1.00 bits per heavy atom. The van der Waals surface area contributed by atoms with Gasteiger partial charge in [0.2, 0.25) is 0 Å². The molecule has 1 aliphatic rings. The van der Waals surface area contributed by atoms with Crippen LogP contribution in [-0.2, 0) is 5.41 Å². The van der Waals surface area contributed by atoms with Crippen molar-refractivity contribution in [2.24, 2.45) is 5.41 Å². The molecule has 0 bridgehead atoms. The molecule has 1 fully saturated rings. The fourth-order valence-corrected chi connectivity index (χ4v) is 3.30. The first-order valence-corrected chi connectivity index (χ1v) is 6.47. The lowest BCUT2D eigenvalue weighted by atomic mass is 9.56. The molecule has 0 radical (unpaired) electrons. The monoisotopic (exact) mass is 217 g/mol. The Morgan fingerprint density at radius 2 is 1.56 bits per heavy atom. The maximum atomic E-state index is 4.15. The number of aromatic nitrogens is 1. The van der Waals surface area contributed by atoms with Crippen LogP contribution in [0.5, 0.6) is 0 Å². The molecular weight excluding hydrogens is 194 g/mol. The first kappa shape index (κ1) is 11.6. The van der Waals surface area contributed by atoms with Gasteiger partial charge < -0.3 is 0 Å². The minimum absolute atomic E-state index is 0.342. The number of hydrogen-bond acceptors (Lipinski definition) is 1. The van der Waals surface area contributed by atoms with E-state index in [-0.39, 0.29) is 0 Å². The molecule has 16 heavy (non-hydrogen) atoms. The van der Waals surface area contributed by atoms with Crippen LogP contribution in [0.2, 0.25) is 0 Å². The first-order valence-electron chi connectivity index (χ1n) is 6.47. The van der Waals surface area contributed by atoms with E-state index in [0.29, 0.717) is 10.8 Å². The Labute approximate surface area is 99.3 Å². The molecule has 0 spiro atoms. The molecule has 0 atom stereocenters. The topological polar surface area (TPSA) is 12.9 Å². The summed E-state index contributed by atoms with van der Waals surface area (Å²) in [5.74, 6) is 0. The van der Waals surface area contributed by atoms with Crippen LogP contribution in [0.1, 0.15) is 58.4 Å². The molecule has 88 valence electrons. The maximum absolute atomic E-state index is 4.15. The van der Waals surface area contributed by atoms with Crippen molar-refractivity contribution in [2.45, 2.75) is 58.3 Å². The van der Waals surface area contributed by atoms with Crippen LogP contribution >= 0.6 is 0 Å². The van der Waals surface area contributed by atoms with Gasteiger partial charge in [0.25, 0.3) is 0 Å². The number of rotatable bonds is 1. The van der Waals surface area contributed by atoms with E-state index in [1.54, 1.807) is 0 Å². The molecule has 0 unspecified atom stereocenters. The fraction of sp³-hybridized carbons (Fsp3) is 0.667. The van der Waals surface area contributed by atoms with Gasteiger partial charge in [-0.15, -0.1) is 0 Å². The van der Waals surface area contributed by atoms with Crippen molar-refractivity contribution in [3.05, 3.63) is 30.1 Å². The summed E-state index contributed by atoms with van der Waals surface area (Å²) in [6, 6.07) is 4.44. The third kappa shape index (κ3) is 1.88. The number of hydrogen-bond donors (Lipinski definition) is 0. The number of pyridine rings is 1. The molecular formula is C15H23N. The molecule has 1 heterocycles. The summed E-state index contributed by atoms with van der Waals surface area (Å²) in [5.41, 5.74) is 2.21. The normalized spacial score (nSPS) is 20.7. The summed E-state index contributed by atoms with van der Waals surface area (Å²) in [6.45, 7) is 7.16. The van der Waals surface area contributed by atoms with E-state index in [1.165, 1.54) is 37.7 Å². The van der Waals surface area contributed by atoms with Crippen molar-refractivity contribution in [1.29, 1.82) is 0 Å². The smallest absolute Gasteiger partial charge is 0.0270 e. The summed E-state index contributed by atoms with van der Waals surface area (Å²) in [4.78, 5) is 4.15. The zero-order valence-electron chi connectivity index (χ0n) is 10.8. The van der Waals surface area contributed by atoms with E-state index >= 15 is 0 Å². The maximum Gasteiger partial charge on any atom is 0.0270 e. The van der Waals surface area contributed by atoms with Gasteiger partial charge in [0.15, 0.2) is 0 Å². The van der Waals surface area contributed by atoms with E-state index in [4.69, 9.17) is 0 Å². The summed E-state index contributed by atoms with van der Waals surface area (Å²) in [5, 5.41) is 0. The second kappa shape index (κ2) is 4.20. The van der Waals surface area contributed by atoms with Crippen LogP contribution in [-0.4, -0.2) is 4.98 Å². The first-order chi connectivity index (χ1) is 7.56. The van der Waals surface area contributed by atoms with Crippen molar-refractivity contribution in [2.75, 3.05) is 0 Å². The van der Waals surface area contributed by atoms with Gasteiger partial charge in [-0.3, -0.25) is 4.98 Å².